The number of esters is 2. The second-order valence-electron chi connectivity index (χ2n) is 7.82. The van der Waals surface area contributed by atoms with Gasteiger partial charge in [-0.05, 0) is 49.8 Å². The first kappa shape index (κ1) is 24.6. The largest absolute Gasteiger partial charge is 0.462 e. The van der Waals surface area contributed by atoms with E-state index < -0.39 is 11.9 Å². The topological polar surface area (TPSA) is 81.7 Å². The van der Waals surface area contributed by atoms with Crippen LogP contribution in [0, 0.1) is 6.92 Å². The second-order valence-corrected chi connectivity index (χ2v) is 9.75. The number of carbonyl (C=O) groups excluding carboxylic acids is 3. The third-order valence-corrected chi connectivity index (χ3v) is 7.51. The summed E-state index contributed by atoms with van der Waals surface area (Å²) in [7, 11) is 0. The second kappa shape index (κ2) is 10.8. The number of hydrogen-bond donors (Lipinski definition) is 1. The molecule has 0 bridgehead atoms. The molecule has 0 aliphatic heterocycles. The van der Waals surface area contributed by atoms with E-state index >= 15 is 0 Å². The molecule has 0 radical (unpaired) electrons. The standard InChI is InChI=1S/C27H25NO5S2/c1-4-32-26(30)20-15-34-25(22(20)27(31)33-5-2)28-24(29)23-19(14-17-12-10-16(3)11-13-17)18-8-6-7-9-21(18)35-23/h6-13,15H,4-5,14H2,1-3H3,(H,28,29). The average molecular weight is 508 g/mol. The summed E-state index contributed by atoms with van der Waals surface area (Å²) in [5.41, 5.74) is 3.29. The highest BCUT2D eigenvalue weighted by Crippen LogP contribution is 2.35. The summed E-state index contributed by atoms with van der Waals surface area (Å²) < 4.78 is 11.2. The van der Waals surface area contributed by atoms with E-state index in [-0.39, 0.29) is 35.2 Å². The Bertz CT molecular complexity index is 1380. The summed E-state index contributed by atoms with van der Waals surface area (Å²) in [4.78, 5) is 39.2. The SMILES string of the molecule is CCOC(=O)c1csc(NC(=O)c2sc3ccccc3c2Cc2ccc(C)cc2)c1C(=O)OCC. The Labute approximate surface area is 211 Å². The van der Waals surface area contributed by atoms with Gasteiger partial charge < -0.3 is 14.8 Å². The molecule has 180 valence electrons. The molecule has 0 fully saturated rings. The van der Waals surface area contributed by atoms with Gasteiger partial charge in [-0.3, -0.25) is 4.79 Å². The molecular weight excluding hydrogens is 482 g/mol. The summed E-state index contributed by atoms with van der Waals surface area (Å²) in [6, 6.07) is 16.1. The van der Waals surface area contributed by atoms with Crippen molar-refractivity contribution in [3.8, 4) is 0 Å². The van der Waals surface area contributed by atoms with Crippen molar-refractivity contribution in [2.75, 3.05) is 18.5 Å². The molecule has 8 heteroatoms. The molecule has 0 unspecified atom stereocenters. The van der Waals surface area contributed by atoms with Crippen molar-refractivity contribution < 1.29 is 23.9 Å². The first-order chi connectivity index (χ1) is 16.9. The smallest absolute Gasteiger partial charge is 0.342 e. The molecule has 1 N–H and O–H groups in total. The van der Waals surface area contributed by atoms with Crippen LogP contribution < -0.4 is 5.32 Å². The third-order valence-electron chi connectivity index (χ3n) is 5.40. The Morgan fingerprint density at radius 1 is 0.914 bits per heavy atom. The van der Waals surface area contributed by atoms with Crippen molar-refractivity contribution in [3.05, 3.63) is 86.6 Å². The van der Waals surface area contributed by atoms with Crippen LogP contribution in [0.25, 0.3) is 10.1 Å². The van der Waals surface area contributed by atoms with Gasteiger partial charge in [-0.15, -0.1) is 22.7 Å². The minimum absolute atomic E-state index is 0.0184. The van der Waals surface area contributed by atoms with Gasteiger partial charge in [0, 0.05) is 10.1 Å². The fourth-order valence-electron chi connectivity index (χ4n) is 3.74. The molecule has 0 spiro atoms. The third kappa shape index (κ3) is 5.28. The maximum absolute atomic E-state index is 13.5. The number of aryl methyl sites for hydroxylation is 1. The van der Waals surface area contributed by atoms with Crippen molar-refractivity contribution in [3.63, 3.8) is 0 Å². The van der Waals surface area contributed by atoms with E-state index in [2.05, 4.69) is 29.6 Å². The Morgan fingerprint density at radius 2 is 1.60 bits per heavy atom. The van der Waals surface area contributed by atoms with Crippen LogP contribution in [0.5, 0.6) is 0 Å². The Balaban J connectivity index is 1.72. The zero-order chi connectivity index (χ0) is 24.9. The highest BCUT2D eigenvalue weighted by atomic mass is 32.1. The maximum Gasteiger partial charge on any atom is 0.342 e. The van der Waals surface area contributed by atoms with Gasteiger partial charge in [0.25, 0.3) is 5.91 Å². The molecule has 0 saturated carbocycles. The van der Waals surface area contributed by atoms with Crippen molar-refractivity contribution in [2.24, 2.45) is 0 Å². The number of benzene rings is 2. The first-order valence-corrected chi connectivity index (χ1v) is 13.0. The predicted octanol–water partition coefficient (Wildman–Crippen LogP) is 6.47. The van der Waals surface area contributed by atoms with Gasteiger partial charge in [-0.25, -0.2) is 9.59 Å². The highest BCUT2D eigenvalue weighted by molar-refractivity contribution is 7.21. The van der Waals surface area contributed by atoms with Crippen LogP contribution in [-0.4, -0.2) is 31.1 Å². The van der Waals surface area contributed by atoms with Crippen LogP contribution in [0.15, 0.2) is 53.9 Å². The summed E-state index contributed by atoms with van der Waals surface area (Å²) in [6.07, 6.45) is 0.594. The number of ether oxygens (including phenoxy) is 2. The molecule has 6 nitrogen and oxygen atoms in total. The molecule has 2 aromatic heterocycles. The molecule has 35 heavy (non-hydrogen) atoms. The lowest BCUT2D eigenvalue weighted by atomic mass is 10.0. The van der Waals surface area contributed by atoms with Gasteiger partial charge in [-0.1, -0.05) is 48.0 Å². The molecular formula is C27H25NO5S2. The zero-order valence-electron chi connectivity index (χ0n) is 19.7. The van der Waals surface area contributed by atoms with Crippen LogP contribution in [0.4, 0.5) is 5.00 Å². The predicted molar refractivity (Wildman–Crippen MR) is 140 cm³/mol. The molecule has 0 atom stereocenters. The van der Waals surface area contributed by atoms with Crippen LogP contribution in [-0.2, 0) is 15.9 Å². The fourth-order valence-corrected chi connectivity index (χ4v) is 5.77. The molecule has 1 amide bonds. The molecule has 0 aliphatic carbocycles. The highest BCUT2D eigenvalue weighted by Gasteiger charge is 2.28. The van der Waals surface area contributed by atoms with Crippen molar-refractivity contribution in [1.29, 1.82) is 0 Å². The monoisotopic (exact) mass is 507 g/mol. The summed E-state index contributed by atoms with van der Waals surface area (Å²) >= 11 is 2.50. The number of thiophene rings is 2. The van der Waals surface area contributed by atoms with E-state index in [1.807, 2.05) is 31.2 Å². The lowest BCUT2D eigenvalue weighted by Crippen LogP contribution is -2.17. The lowest BCUT2D eigenvalue weighted by molar-refractivity contribution is 0.0481. The van der Waals surface area contributed by atoms with Gasteiger partial charge in [-0.2, -0.15) is 0 Å². The van der Waals surface area contributed by atoms with Gasteiger partial charge in [0.05, 0.1) is 23.7 Å². The van der Waals surface area contributed by atoms with Gasteiger partial charge in [0.2, 0.25) is 0 Å². The Kier molecular flexibility index (Phi) is 7.63. The van der Waals surface area contributed by atoms with Gasteiger partial charge >= 0.3 is 11.9 Å². The Hall–Kier alpha value is -3.49. The van der Waals surface area contributed by atoms with E-state index in [1.165, 1.54) is 22.3 Å². The molecule has 0 aliphatic rings. The fraction of sp³-hybridized carbons (Fsp3) is 0.222. The first-order valence-electron chi connectivity index (χ1n) is 11.3. The zero-order valence-corrected chi connectivity index (χ0v) is 21.3. The van der Waals surface area contributed by atoms with E-state index in [9.17, 15) is 14.4 Å². The number of anilines is 1. The number of rotatable bonds is 8. The summed E-state index contributed by atoms with van der Waals surface area (Å²) in [6.45, 7) is 5.72. The van der Waals surface area contributed by atoms with Crippen LogP contribution >= 0.6 is 22.7 Å². The van der Waals surface area contributed by atoms with Gasteiger partial charge in [0.1, 0.15) is 10.6 Å². The van der Waals surface area contributed by atoms with Crippen LogP contribution in [0.2, 0.25) is 0 Å². The summed E-state index contributed by atoms with van der Waals surface area (Å²) in [5.74, 6) is -1.64. The number of hydrogen-bond acceptors (Lipinski definition) is 7. The van der Waals surface area contributed by atoms with E-state index in [0.717, 1.165) is 32.5 Å². The molecule has 4 aromatic rings. The average Bonchev–Trinajstić information content (AvgIpc) is 3.43. The normalized spacial score (nSPS) is 10.8. The molecule has 4 rings (SSSR count). The van der Waals surface area contributed by atoms with Crippen molar-refractivity contribution in [2.45, 2.75) is 27.2 Å². The van der Waals surface area contributed by atoms with Crippen LogP contribution in [0.3, 0.4) is 0 Å². The number of carbonyl (C=O) groups is 3. The quantitative estimate of drug-likeness (QED) is 0.277. The summed E-state index contributed by atoms with van der Waals surface area (Å²) in [5, 5.41) is 5.65. The van der Waals surface area contributed by atoms with E-state index in [0.29, 0.717) is 11.3 Å². The van der Waals surface area contributed by atoms with Crippen molar-refractivity contribution in [1.82, 2.24) is 0 Å². The molecule has 2 aromatic carbocycles. The molecule has 2 heterocycles. The Morgan fingerprint density at radius 3 is 2.31 bits per heavy atom. The van der Waals surface area contributed by atoms with E-state index in [1.54, 1.807) is 13.8 Å². The number of nitrogens with one attached hydrogen (secondary N) is 1. The number of fused-ring (bicyclic) bond motifs is 1. The maximum atomic E-state index is 13.5. The minimum atomic E-state index is -0.677. The van der Waals surface area contributed by atoms with E-state index in [4.69, 9.17) is 9.47 Å². The minimum Gasteiger partial charge on any atom is -0.462 e. The lowest BCUT2D eigenvalue weighted by Gasteiger charge is -2.09. The van der Waals surface area contributed by atoms with Gasteiger partial charge in [0.15, 0.2) is 0 Å². The number of amides is 1. The van der Waals surface area contributed by atoms with Crippen molar-refractivity contribution >= 4 is 55.6 Å². The van der Waals surface area contributed by atoms with Crippen LogP contribution in [0.1, 0.15) is 60.9 Å². The molecule has 0 saturated heterocycles.